The Hall–Kier alpha value is -1.65. The highest BCUT2D eigenvalue weighted by Crippen LogP contribution is 2.17. The van der Waals surface area contributed by atoms with Gasteiger partial charge in [0.15, 0.2) is 0 Å². The highest BCUT2D eigenvalue weighted by molar-refractivity contribution is 5.36. The van der Waals surface area contributed by atoms with Crippen molar-refractivity contribution < 1.29 is 4.74 Å². The second-order valence-electron chi connectivity index (χ2n) is 5.34. The molecule has 0 saturated heterocycles. The maximum atomic E-state index is 5.44. The number of hydrogen-bond donors (Lipinski definition) is 1. The van der Waals surface area contributed by atoms with Crippen LogP contribution in [0.15, 0.2) is 30.3 Å². The van der Waals surface area contributed by atoms with Crippen molar-refractivity contribution in [3.05, 3.63) is 47.3 Å². The van der Waals surface area contributed by atoms with Crippen LogP contribution in [0.25, 0.3) is 5.69 Å². The first kappa shape index (κ1) is 15.7. The summed E-state index contributed by atoms with van der Waals surface area (Å²) in [7, 11) is 0. The molecule has 4 heteroatoms. The molecule has 1 N–H and O–H groups in total. The van der Waals surface area contributed by atoms with Crippen LogP contribution in [-0.4, -0.2) is 29.0 Å². The van der Waals surface area contributed by atoms with Crippen LogP contribution in [0.2, 0.25) is 0 Å². The van der Waals surface area contributed by atoms with Gasteiger partial charge in [-0.3, -0.25) is 0 Å². The van der Waals surface area contributed by atoms with Crippen molar-refractivity contribution in [3.63, 3.8) is 0 Å². The Kier molecular flexibility index (Phi) is 5.53. The van der Waals surface area contributed by atoms with Gasteiger partial charge >= 0.3 is 0 Å². The van der Waals surface area contributed by atoms with E-state index < -0.39 is 0 Å². The summed E-state index contributed by atoms with van der Waals surface area (Å²) in [5.74, 6) is 0. The molecule has 0 radical (unpaired) electrons. The van der Waals surface area contributed by atoms with E-state index in [1.165, 1.54) is 11.3 Å². The minimum atomic E-state index is 0.337. The zero-order valence-electron chi connectivity index (χ0n) is 13.4. The third kappa shape index (κ3) is 3.93. The molecule has 2 aromatic rings. The number of nitrogens with one attached hydrogen (secondary N) is 1. The molecule has 1 atom stereocenters. The summed E-state index contributed by atoms with van der Waals surface area (Å²) in [5, 5.41) is 8.17. The largest absolute Gasteiger partial charge is 0.380 e. The molecule has 0 aliphatic rings. The molecule has 21 heavy (non-hydrogen) atoms. The first-order valence-electron chi connectivity index (χ1n) is 7.55. The number of hydrogen-bond acceptors (Lipinski definition) is 3. The standard InChI is InChI=1S/C17H25N3O/c1-5-21-12-13(2)18-11-17-14(3)19-20(15(17)4)16-9-7-6-8-10-16/h6-10,13,18H,5,11-12H2,1-4H3. The molecule has 0 fully saturated rings. The van der Waals surface area contributed by atoms with Gasteiger partial charge < -0.3 is 10.1 Å². The highest BCUT2D eigenvalue weighted by atomic mass is 16.5. The Morgan fingerprint density at radius 2 is 1.95 bits per heavy atom. The summed E-state index contributed by atoms with van der Waals surface area (Å²) < 4.78 is 7.45. The minimum absolute atomic E-state index is 0.337. The lowest BCUT2D eigenvalue weighted by molar-refractivity contribution is 0.127. The Bertz CT molecular complexity index is 563. The van der Waals surface area contributed by atoms with Crippen LogP contribution in [0.3, 0.4) is 0 Å². The van der Waals surface area contributed by atoms with Crippen molar-refractivity contribution in [3.8, 4) is 5.69 Å². The Morgan fingerprint density at radius 3 is 2.62 bits per heavy atom. The zero-order valence-corrected chi connectivity index (χ0v) is 13.4. The van der Waals surface area contributed by atoms with E-state index in [4.69, 9.17) is 4.74 Å². The minimum Gasteiger partial charge on any atom is -0.380 e. The van der Waals surface area contributed by atoms with E-state index in [9.17, 15) is 0 Å². The monoisotopic (exact) mass is 287 g/mol. The maximum Gasteiger partial charge on any atom is 0.0648 e. The molecule has 0 aliphatic heterocycles. The smallest absolute Gasteiger partial charge is 0.0648 e. The zero-order chi connectivity index (χ0) is 15.2. The van der Waals surface area contributed by atoms with E-state index in [1.54, 1.807) is 0 Å². The van der Waals surface area contributed by atoms with Crippen molar-refractivity contribution in [2.75, 3.05) is 13.2 Å². The van der Waals surface area contributed by atoms with E-state index in [0.717, 1.165) is 31.1 Å². The molecule has 0 saturated carbocycles. The normalized spacial score (nSPS) is 12.6. The number of para-hydroxylation sites is 1. The Morgan fingerprint density at radius 1 is 1.24 bits per heavy atom. The van der Waals surface area contributed by atoms with Crippen molar-refractivity contribution >= 4 is 0 Å². The van der Waals surface area contributed by atoms with Crippen LogP contribution < -0.4 is 5.32 Å². The van der Waals surface area contributed by atoms with Gasteiger partial charge in [-0.25, -0.2) is 4.68 Å². The van der Waals surface area contributed by atoms with Crippen LogP contribution in [0.1, 0.15) is 30.8 Å². The SMILES string of the molecule is CCOCC(C)NCc1c(C)nn(-c2ccccc2)c1C. The van der Waals surface area contributed by atoms with Gasteiger partial charge in [-0.2, -0.15) is 5.10 Å². The topological polar surface area (TPSA) is 39.1 Å². The summed E-state index contributed by atoms with van der Waals surface area (Å²) in [6.45, 7) is 10.7. The molecule has 4 nitrogen and oxygen atoms in total. The average molecular weight is 287 g/mol. The van der Waals surface area contributed by atoms with Crippen LogP contribution in [-0.2, 0) is 11.3 Å². The molecule has 1 unspecified atom stereocenters. The van der Waals surface area contributed by atoms with Crippen molar-refractivity contribution in [1.29, 1.82) is 0 Å². The van der Waals surface area contributed by atoms with Crippen LogP contribution in [0.4, 0.5) is 0 Å². The van der Waals surface area contributed by atoms with E-state index >= 15 is 0 Å². The molecule has 1 aromatic carbocycles. The quantitative estimate of drug-likeness (QED) is 0.851. The number of nitrogens with zero attached hydrogens (tertiary/aromatic N) is 2. The van der Waals surface area contributed by atoms with E-state index in [1.807, 2.05) is 29.8 Å². The molecule has 1 aromatic heterocycles. The summed E-state index contributed by atoms with van der Waals surface area (Å²) in [6, 6.07) is 10.6. The molecule has 0 amide bonds. The van der Waals surface area contributed by atoms with E-state index in [0.29, 0.717) is 6.04 Å². The van der Waals surface area contributed by atoms with Crippen molar-refractivity contribution in [1.82, 2.24) is 15.1 Å². The lowest BCUT2D eigenvalue weighted by Gasteiger charge is -2.13. The molecule has 0 bridgehead atoms. The second kappa shape index (κ2) is 7.38. The summed E-state index contributed by atoms with van der Waals surface area (Å²) in [5.41, 5.74) is 4.64. The third-order valence-corrected chi connectivity index (χ3v) is 3.64. The molecular formula is C17H25N3O. The van der Waals surface area contributed by atoms with Gasteiger partial charge in [0, 0.05) is 30.5 Å². The van der Waals surface area contributed by atoms with Gasteiger partial charge in [0.2, 0.25) is 0 Å². The van der Waals surface area contributed by atoms with E-state index in [-0.39, 0.29) is 0 Å². The first-order valence-corrected chi connectivity index (χ1v) is 7.55. The van der Waals surface area contributed by atoms with Crippen molar-refractivity contribution in [2.24, 2.45) is 0 Å². The number of aryl methyl sites for hydroxylation is 1. The van der Waals surface area contributed by atoms with Gasteiger partial charge in [0.05, 0.1) is 18.0 Å². The number of ether oxygens (including phenoxy) is 1. The lowest BCUT2D eigenvalue weighted by atomic mass is 10.2. The Balaban J connectivity index is 2.09. The number of rotatable bonds is 7. The third-order valence-electron chi connectivity index (χ3n) is 3.64. The molecular weight excluding hydrogens is 262 g/mol. The highest BCUT2D eigenvalue weighted by Gasteiger charge is 2.13. The fraction of sp³-hybridized carbons (Fsp3) is 0.471. The fourth-order valence-corrected chi connectivity index (χ4v) is 2.38. The van der Waals surface area contributed by atoms with Crippen LogP contribution >= 0.6 is 0 Å². The number of benzene rings is 1. The molecule has 0 aliphatic carbocycles. The number of aromatic nitrogens is 2. The van der Waals surface area contributed by atoms with Gasteiger partial charge in [0.25, 0.3) is 0 Å². The van der Waals surface area contributed by atoms with Crippen molar-refractivity contribution in [2.45, 2.75) is 40.3 Å². The van der Waals surface area contributed by atoms with Gasteiger partial charge in [0.1, 0.15) is 0 Å². The van der Waals surface area contributed by atoms with Crippen LogP contribution in [0.5, 0.6) is 0 Å². The predicted molar refractivity (Wildman–Crippen MR) is 85.8 cm³/mol. The lowest BCUT2D eigenvalue weighted by Crippen LogP contribution is -2.30. The van der Waals surface area contributed by atoms with Gasteiger partial charge in [-0.05, 0) is 39.8 Å². The van der Waals surface area contributed by atoms with Gasteiger partial charge in [-0.1, -0.05) is 18.2 Å². The first-order chi connectivity index (χ1) is 10.1. The molecule has 114 valence electrons. The molecule has 0 spiro atoms. The Labute approximate surface area is 127 Å². The maximum absolute atomic E-state index is 5.44. The summed E-state index contributed by atoms with van der Waals surface area (Å²) in [4.78, 5) is 0. The summed E-state index contributed by atoms with van der Waals surface area (Å²) in [6.07, 6.45) is 0. The van der Waals surface area contributed by atoms with Crippen LogP contribution in [0, 0.1) is 13.8 Å². The second-order valence-corrected chi connectivity index (χ2v) is 5.34. The molecule has 1 heterocycles. The van der Waals surface area contributed by atoms with E-state index in [2.05, 4.69) is 43.3 Å². The summed E-state index contributed by atoms with van der Waals surface area (Å²) >= 11 is 0. The molecule has 2 rings (SSSR count). The van der Waals surface area contributed by atoms with Gasteiger partial charge in [-0.15, -0.1) is 0 Å². The fourth-order valence-electron chi connectivity index (χ4n) is 2.38. The predicted octanol–water partition coefficient (Wildman–Crippen LogP) is 3.00. The average Bonchev–Trinajstić information content (AvgIpc) is 2.79.